The lowest BCUT2D eigenvalue weighted by Gasteiger charge is -2.33. The van der Waals surface area contributed by atoms with E-state index in [0.29, 0.717) is 5.92 Å². The Morgan fingerprint density at radius 1 is 1.15 bits per heavy atom. The molecule has 1 N–H and O–H groups in total. The van der Waals surface area contributed by atoms with Gasteiger partial charge >= 0.3 is 6.09 Å². The Hall–Kier alpha value is -2.54. The second-order valence-electron chi connectivity index (χ2n) is 8.30. The quantitative estimate of drug-likeness (QED) is 0.422. The van der Waals surface area contributed by atoms with Crippen LogP contribution in [0.5, 0.6) is 0 Å². The molecule has 33 heavy (non-hydrogen) atoms. The number of likely N-dealkylation sites (tertiary alicyclic amines) is 1. The highest BCUT2D eigenvalue weighted by atomic mass is 35.5. The lowest BCUT2D eigenvalue weighted by molar-refractivity contribution is 0.187. The molecule has 0 radical (unpaired) electrons. The number of aryl methyl sites for hydroxylation is 1. The SMILES string of the molecule is COC(=O)Nc1ccc(C)c(C2CCN(Cc3ccc(Sc4ccc(Cl)cc4)nc3)CC2)c1. The fraction of sp³-hybridized carbons (Fsp3) is 0.308. The van der Waals surface area contributed by atoms with Crippen LogP contribution in [-0.4, -0.2) is 36.2 Å². The third-order valence-corrected chi connectivity index (χ3v) is 7.19. The average Bonchev–Trinajstić information content (AvgIpc) is 2.83. The number of rotatable bonds is 6. The van der Waals surface area contributed by atoms with E-state index in [1.807, 2.05) is 36.5 Å². The zero-order chi connectivity index (χ0) is 23.2. The van der Waals surface area contributed by atoms with Crippen molar-refractivity contribution in [1.82, 2.24) is 9.88 Å². The second kappa shape index (κ2) is 11.1. The number of nitrogens with zero attached hydrogens (tertiary/aromatic N) is 2. The molecular weight excluding hydrogens is 454 g/mol. The van der Waals surface area contributed by atoms with Gasteiger partial charge in [-0.3, -0.25) is 10.2 Å². The molecule has 1 amide bonds. The Kier molecular flexibility index (Phi) is 7.91. The van der Waals surface area contributed by atoms with Gasteiger partial charge in [-0.05, 0) is 97.9 Å². The summed E-state index contributed by atoms with van der Waals surface area (Å²) in [4.78, 5) is 19.8. The maximum atomic E-state index is 11.5. The van der Waals surface area contributed by atoms with E-state index < -0.39 is 6.09 Å². The van der Waals surface area contributed by atoms with Gasteiger partial charge in [0.1, 0.15) is 5.03 Å². The summed E-state index contributed by atoms with van der Waals surface area (Å²) in [5.41, 5.74) is 4.59. The Morgan fingerprint density at radius 2 is 1.91 bits per heavy atom. The van der Waals surface area contributed by atoms with Gasteiger partial charge in [-0.15, -0.1) is 0 Å². The molecular formula is C26H28ClN3O2S. The first kappa shape index (κ1) is 23.6. The highest BCUT2D eigenvalue weighted by molar-refractivity contribution is 7.99. The molecule has 1 aliphatic rings. The van der Waals surface area contributed by atoms with Gasteiger partial charge in [0.25, 0.3) is 0 Å². The van der Waals surface area contributed by atoms with Crippen molar-refractivity contribution in [2.75, 3.05) is 25.5 Å². The fourth-order valence-corrected chi connectivity index (χ4v) is 5.06. The minimum absolute atomic E-state index is 0.439. The number of amides is 1. The standard InChI is InChI=1S/C26H28ClN3O2S/c1-18-3-7-22(29-26(31)32-2)15-24(18)20-11-13-30(14-12-20)17-19-4-10-25(28-16-19)33-23-8-5-21(27)6-9-23/h3-10,15-16,20H,11-14,17H2,1-2H3,(H,29,31). The van der Waals surface area contributed by atoms with Crippen molar-refractivity contribution in [1.29, 1.82) is 0 Å². The number of carbonyl (C=O) groups is 1. The molecule has 3 aromatic rings. The van der Waals surface area contributed by atoms with Crippen LogP contribution in [0.2, 0.25) is 5.02 Å². The van der Waals surface area contributed by atoms with Gasteiger partial charge in [-0.25, -0.2) is 9.78 Å². The first-order valence-corrected chi connectivity index (χ1v) is 12.3. The van der Waals surface area contributed by atoms with Crippen LogP contribution in [0.3, 0.4) is 0 Å². The van der Waals surface area contributed by atoms with Crippen LogP contribution in [-0.2, 0) is 11.3 Å². The van der Waals surface area contributed by atoms with Gasteiger partial charge in [0.05, 0.1) is 7.11 Å². The number of nitrogens with one attached hydrogen (secondary N) is 1. The number of carbonyl (C=O) groups excluding carboxylic acids is 1. The zero-order valence-corrected chi connectivity index (χ0v) is 20.5. The van der Waals surface area contributed by atoms with Crippen molar-refractivity contribution in [3.8, 4) is 0 Å². The predicted octanol–water partition coefficient (Wildman–Crippen LogP) is 6.75. The summed E-state index contributed by atoms with van der Waals surface area (Å²) in [5, 5.41) is 4.50. The molecule has 0 bridgehead atoms. The number of pyridine rings is 1. The minimum Gasteiger partial charge on any atom is -0.453 e. The third-order valence-electron chi connectivity index (χ3n) is 5.98. The summed E-state index contributed by atoms with van der Waals surface area (Å²) < 4.78 is 4.71. The largest absolute Gasteiger partial charge is 0.453 e. The number of benzene rings is 2. The second-order valence-corrected chi connectivity index (χ2v) is 9.83. The summed E-state index contributed by atoms with van der Waals surface area (Å²) in [6.07, 6.45) is 3.74. The smallest absolute Gasteiger partial charge is 0.411 e. The fourth-order valence-electron chi connectivity index (χ4n) is 4.18. The van der Waals surface area contributed by atoms with Crippen LogP contribution in [0.1, 0.15) is 35.4 Å². The van der Waals surface area contributed by atoms with Crippen LogP contribution in [0, 0.1) is 6.92 Å². The number of piperidine rings is 1. The van der Waals surface area contributed by atoms with Crippen molar-refractivity contribution in [2.45, 2.75) is 42.1 Å². The molecule has 1 aliphatic heterocycles. The highest BCUT2D eigenvalue weighted by Crippen LogP contribution is 2.33. The molecule has 0 spiro atoms. The molecule has 1 aromatic heterocycles. The van der Waals surface area contributed by atoms with Gasteiger partial charge in [-0.2, -0.15) is 0 Å². The van der Waals surface area contributed by atoms with Gasteiger partial charge < -0.3 is 4.74 Å². The molecule has 2 aromatic carbocycles. The summed E-state index contributed by atoms with van der Waals surface area (Å²) in [7, 11) is 1.38. The molecule has 172 valence electrons. The first-order valence-electron chi connectivity index (χ1n) is 11.1. The molecule has 1 saturated heterocycles. The van der Waals surface area contributed by atoms with Crippen LogP contribution in [0.15, 0.2) is 70.7 Å². The lowest BCUT2D eigenvalue weighted by Crippen LogP contribution is -2.32. The molecule has 4 rings (SSSR count). The number of ether oxygens (including phenoxy) is 1. The van der Waals surface area contributed by atoms with Crippen LogP contribution in [0.4, 0.5) is 10.5 Å². The molecule has 2 heterocycles. The Bertz CT molecular complexity index is 1080. The van der Waals surface area contributed by atoms with Crippen molar-refractivity contribution < 1.29 is 9.53 Å². The maximum Gasteiger partial charge on any atom is 0.411 e. The number of hydrogen-bond donors (Lipinski definition) is 1. The van der Waals surface area contributed by atoms with Crippen molar-refractivity contribution in [2.24, 2.45) is 0 Å². The van der Waals surface area contributed by atoms with E-state index in [1.165, 1.54) is 23.8 Å². The van der Waals surface area contributed by atoms with Crippen LogP contribution < -0.4 is 5.32 Å². The van der Waals surface area contributed by atoms with Crippen molar-refractivity contribution in [3.05, 3.63) is 82.5 Å². The average molecular weight is 482 g/mol. The Labute approximate surface area is 204 Å². The first-order chi connectivity index (χ1) is 16.0. The minimum atomic E-state index is -0.439. The number of halogens is 1. The van der Waals surface area contributed by atoms with Gasteiger partial charge in [0.2, 0.25) is 0 Å². The molecule has 0 aliphatic carbocycles. The molecule has 5 nitrogen and oxygen atoms in total. The summed E-state index contributed by atoms with van der Waals surface area (Å²) in [6, 6.07) is 18.2. The van der Waals surface area contributed by atoms with E-state index >= 15 is 0 Å². The number of anilines is 1. The van der Waals surface area contributed by atoms with Crippen molar-refractivity contribution >= 4 is 35.1 Å². The van der Waals surface area contributed by atoms with E-state index in [-0.39, 0.29) is 0 Å². The highest BCUT2D eigenvalue weighted by Gasteiger charge is 2.22. The maximum absolute atomic E-state index is 11.5. The topological polar surface area (TPSA) is 54.5 Å². The van der Waals surface area contributed by atoms with Crippen LogP contribution >= 0.6 is 23.4 Å². The van der Waals surface area contributed by atoms with E-state index in [4.69, 9.17) is 16.3 Å². The molecule has 0 saturated carbocycles. The van der Waals surface area contributed by atoms with E-state index in [1.54, 1.807) is 11.8 Å². The Balaban J connectivity index is 1.31. The monoisotopic (exact) mass is 481 g/mol. The summed E-state index contributed by atoms with van der Waals surface area (Å²) >= 11 is 7.60. The summed E-state index contributed by atoms with van der Waals surface area (Å²) in [5.74, 6) is 0.497. The van der Waals surface area contributed by atoms with Gasteiger partial charge in [-0.1, -0.05) is 35.5 Å². The van der Waals surface area contributed by atoms with Crippen molar-refractivity contribution in [3.63, 3.8) is 0 Å². The van der Waals surface area contributed by atoms with E-state index in [2.05, 4.69) is 46.4 Å². The van der Waals surface area contributed by atoms with E-state index in [0.717, 1.165) is 53.1 Å². The third kappa shape index (κ3) is 6.50. The molecule has 7 heteroatoms. The lowest BCUT2D eigenvalue weighted by atomic mass is 9.86. The normalized spacial score (nSPS) is 14.8. The zero-order valence-electron chi connectivity index (χ0n) is 18.9. The van der Waals surface area contributed by atoms with Crippen LogP contribution in [0.25, 0.3) is 0 Å². The molecule has 0 unspecified atom stereocenters. The predicted molar refractivity (Wildman–Crippen MR) is 134 cm³/mol. The molecule has 1 fully saturated rings. The molecule has 0 atom stereocenters. The Morgan fingerprint density at radius 3 is 2.58 bits per heavy atom. The number of aromatic nitrogens is 1. The number of methoxy groups -OCH3 is 1. The summed E-state index contributed by atoms with van der Waals surface area (Å²) in [6.45, 7) is 5.13. The van der Waals surface area contributed by atoms with E-state index in [9.17, 15) is 4.79 Å². The number of hydrogen-bond acceptors (Lipinski definition) is 5. The van der Waals surface area contributed by atoms with Gasteiger partial charge in [0, 0.05) is 28.3 Å². The van der Waals surface area contributed by atoms with Gasteiger partial charge in [0.15, 0.2) is 0 Å².